The zero-order valence-electron chi connectivity index (χ0n) is 12.1. The predicted octanol–water partition coefficient (Wildman–Crippen LogP) is 4.78. The van der Waals surface area contributed by atoms with E-state index in [-0.39, 0.29) is 27.9 Å². The number of pyridine rings is 1. The highest BCUT2D eigenvalue weighted by molar-refractivity contribution is 5.87. The number of aromatic nitrogens is 1. The number of hydrogen-bond acceptors (Lipinski definition) is 2. The molecule has 2 nitrogen and oxygen atoms in total. The molecule has 0 aliphatic heterocycles. The van der Waals surface area contributed by atoms with Crippen LogP contribution in [0, 0.1) is 23.3 Å². The summed E-state index contributed by atoms with van der Waals surface area (Å²) in [6.45, 7) is 0. The van der Waals surface area contributed by atoms with Crippen molar-refractivity contribution in [2.45, 2.75) is 0 Å². The van der Waals surface area contributed by atoms with Gasteiger partial charge < -0.3 is 0 Å². The van der Waals surface area contributed by atoms with Crippen molar-refractivity contribution >= 4 is 6.29 Å². The monoisotopic (exact) mass is 331 g/mol. The number of carbonyl (C=O) groups is 1. The molecule has 2 aromatic carbocycles. The van der Waals surface area contributed by atoms with Crippen molar-refractivity contribution in [2.24, 2.45) is 0 Å². The van der Waals surface area contributed by atoms with Gasteiger partial charge >= 0.3 is 0 Å². The minimum atomic E-state index is -1.15. The third-order valence-corrected chi connectivity index (χ3v) is 3.53. The fourth-order valence-corrected chi connectivity index (χ4v) is 2.37. The third kappa shape index (κ3) is 2.67. The number of carbonyl (C=O) groups excluding carboxylic acids is 1. The van der Waals surface area contributed by atoms with Gasteiger partial charge in [-0.1, -0.05) is 24.3 Å². The second-order valence-electron chi connectivity index (χ2n) is 4.98. The Balaban J connectivity index is 2.25. The van der Waals surface area contributed by atoms with E-state index in [2.05, 4.69) is 4.98 Å². The second-order valence-corrected chi connectivity index (χ2v) is 4.98. The van der Waals surface area contributed by atoms with Crippen molar-refractivity contribution in [3.05, 3.63) is 77.6 Å². The molecule has 120 valence electrons. The van der Waals surface area contributed by atoms with E-state index in [1.54, 1.807) is 0 Å². The standard InChI is InChI=1S/C18H9F4NO/c19-14-5-1-3-11(17(14)21)10-7-13(16(9-24)23-8-10)12-4-2-6-15(20)18(12)22/h1-9H. The summed E-state index contributed by atoms with van der Waals surface area (Å²) in [4.78, 5) is 15.0. The molecule has 0 aliphatic carbocycles. The van der Waals surface area contributed by atoms with Crippen molar-refractivity contribution in [1.29, 1.82) is 0 Å². The molecule has 3 rings (SSSR count). The molecule has 1 heterocycles. The molecule has 0 aliphatic rings. The fraction of sp³-hybridized carbons (Fsp3) is 0. The molecule has 0 amide bonds. The van der Waals surface area contributed by atoms with Gasteiger partial charge in [0.15, 0.2) is 29.6 Å². The van der Waals surface area contributed by atoms with Crippen LogP contribution >= 0.6 is 0 Å². The van der Waals surface area contributed by atoms with Crippen LogP contribution in [0.5, 0.6) is 0 Å². The highest BCUT2D eigenvalue weighted by atomic mass is 19.2. The third-order valence-electron chi connectivity index (χ3n) is 3.53. The van der Waals surface area contributed by atoms with Crippen LogP contribution in [0.1, 0.15) is 10.5 Å². The maximum Gasteiger partial charge on any atom is 0.169 e. The van der Waals surface area contributed by atoms with E-state index in [1.807, 2.05) is 0 Å². The smallest absolute Gasteiger partial charge is 0.169 e. The lowest BCUT2D eigenvalue weighted by atomic mass is 9.98. The first-order valence-electron chi connectivity index (χ1n) is 6.87. The largest absolute Gasteiger partial charge is 0.296 e. The molecule has 1 aromatic heterocycles. The summed E-state index contributed by atoms with van der Waals surface area (Å²) in [5, 5.41) is 0. The highest BCUT2D eigenvalue weighted by Gasteiger charge is 2.17. The average molecular weight is 331 g/mol. The van der Waals surface area contributed by atoms with Gasteiger partial charge in [-0.3, -0.25) is 9.78 Å². The van der Waals surface area contributed by atoms with Gasteiger partial charge in [-0.2, -0.15) is 0 Å². The van der Waals surface area contributed by atoms with E-state index in [1.165, 1.54) is 36.5 Å². The van der Waals surface area contributed by atoms with Crippen molar-refractivity contribution in [3.8, 4) is 22.3 Å². The number of halogens is 4. The molecule has 24 heavy (non-hydrogen) atoms. The van der Waals surface area contributed by atoms with Crippen molar-refractivity contribution in [3.63, 3.8) is 0 Å². The number of hydrogen-bond donors (Lipinski definition) is 0. The Morgan fingerprint density at radius 3 is 2.00 bits per heavy atom. The van der Waals surface area contributed by atoms with Crippen LogP contribution in [0.3, 0.4) is 0 Å². The summed E-state index contributed by atoms with van der Waals surface area (Å²) < 4.78 is 54.8. The molecular weight excluding hydrogens is 322 g/mol. The Labute approximate surface area is 134 Å². The van der Waals surface area contributed by atoms with Gasteiger partial charge in [0.05, 0.1) is 0 Å². The first-order valence-corrected chi connectivity index (χ1v) is 6.87. The van der Waals surface area contributed by atoms with Gasteiger partial charge in [0.2, 0.25) is 0 Å². The van der Waals surface area contributed by atoms with E-state index in [4.69, 9.17) is 0 Å². The number of nitrogens with zero attached hydrogens (tertiary/aromatic N) is 1. The van der Waals surface area contributed by atoms with Crippen LogP contribution in [0.15, 0.2) is 48.7 Å². The molecule has 0 saturated carbocycles. The van der Waals surface area contributed by atoms with Crippen LogP contribution in [0.2, 0.25) is 0 Å². The summed E-state index contributed by atoms with van der Waals surface area (Å²) in [5.74, 6) is -4.39. The molecule has 0 spiro atoms. The topological polar surface area (TPSA) is 30.0 Å². The highest BCUT2D eigenvalue weighted by Crippen LogP contribution is 2.31. The molecular formula is C18H9F4NO. The fourth-order valence-electron chi connectivity index (χ4n) is 2.37. The van der Waals surface area contributed by atoms with E-state index in [0.717, 1.165) is 12.1 Å². The van der Waals surface area contributed by atoms with E-state index in [9.17, 15) is 22.4 Å². The molecule has 0 atom stereocenters. The van der Waals surface area contributed by atoms with Crippen LogP contribution < -0.4 is 0 Å². The van der Waals surface area contributed by atoms with Gasteiger partial charge in [-0.25, -0.2) is 17.6 Å². The zero-order chi connectivity index (χ0) is 17.3. The Morgan fingerprint density at radius 2 is 1.38 bits per heavy atom. The lowest BCUT2D eigenvalue weighted by Gasteiger charge is -2.10. The van der Waals surface area contributed by atoms with Crippen LogP contribution in [-0.4, -0.2) is 11.3 Å². The van der Waals surface area contributed by atoms with E-state index >= 15 is 0 Å². The summed E-state index contributed by atoms with van der Waals surface area (Å²) in [7, 11) is 0. The second kappa shape index (κ2) is 6.23. The van der Waals surface area contributed by atoms with Crippen molar-refractivity contribution < 1.29 is 22.4 Å². The molecule has 6 heteroatoms. The SMILES string of the molecule is O=Cc1ncc(-c2cccc(F)c2F)cc1-c1cccc(F)c1F. The van der Waals surface area contributed by atoms with Gasteiger partial charge in [-0.15, -0.1) is 0 Å². The zero-order valence-corrected chi connectivity index (χ0v) is 12.1. The average Bonchev–Trinajstić information content (AvgIpc) is 2.59. The first-order chi connectivity index (χ1) is 11.5. The minimum Gasteiger partial charge on any atom is -0.296 e. The number of benzene rings is 2. The van der Waals surface area contributed by atoms with E-state index < -0.39 is 23.3 Å². The van der Waals surface area contributed by atoms with E-state index in [0.29, 0.717) is 6.29 Å². The van der Waals surface area contributed by atoms with Gasteiger partial charge in [0, 0.05) is 28.5 Å². The lowest BCUT2D eigenvalue weighted by Crippen LogP contribution is -1.98. The normalized spacial score (nSPS) is 10.7. The molecule has 0 N–H and O–H groups in total. The molecule has 0 bridgehead atoms. The molecule has 0 radical (unpaired) electrons. The summed E-state index contributed by atoms with van der Waals surface area (Å²) in [6.07, 6.45) is 1.55. The maximum absolute atomic E-state index is 14.0. The molecule has 0 fully saturated rings. The van der Waals surface area contributed by atoms with Crippen LogP contribution in [0.4, 0.5) is 17.6 Å². The molecule has 0 saturated heterocycles. The van der Waals surface area contributed by atoms with Crippen molar-refractivity contribution in [2.75, 3.05) is 0 Å². The Hall–Kier alpha value is -3.02. The minimum absolute atomic E-state index is 0.0110. The Morgan fingerprint density at radius 1 is 0.792 bits per heavy atom. The quantitative estimate of drug-likeness (QED) is 0.510. The Kier molecular flexibility index (Phi) is 4.12. The van der Waals surface area contributed by atoms with Crippen LogP contribution in [0.25, 0.3) is 22.3 Å². The predicted molar refractivity (Wildman–Crippen MR) is 80.3 cm³/mol. The van der Waals surface area contributed by atoms with Crippen molar-refractivity contribution in [1.82, 2.24) is 4.98 Å². The lowest BCUT2D eigenvalue weighted by molar-refractivity contribution is 0.111. The number of rotatable bonds is 3. The first kappa shape index (κ1) is 15.9. The Bertz CT molecular complexity index is 940. The summed E-state index contributed by atoms with van der Waals surface area (Å²) >= 11 is 0. The van der Waals surface area contributed by atoms with Crippen LogP contribution in [-0.2, 0) is 0 Å². The molecule has 0 unspecified atom stereocenters. The summed E-state index contributed by atoms with van der Waals surface area (Å²) in [5.41, 5.74) is -0.305. The van der Waals surface area contributed by atoms with Gasteiger partial charge in [0.25, 0.3) is 0 Å². The van der Waals surface area contributed by atoms with Gasteiger partial charge in [0.1, 0.15) is 5.69 Å². The number of aldehydes is 1. The van der Waals surface area contributed by atoms with Gasteiger partial charge in [-0.05, 0) is 18.2 Å². The summed E-state index contributed by atoms with van der Waals surface area (Å²) in [6, 6.07) is 8.34. The molecule has 3 aromatic rings. The maximum atomic E-state index is 14.0.